The molecule has 4 nitrogen and oxygen atoms in total. The van der Waals surface area contributed by atoms with Crippen molar-refractivity contribution in [2.45, 2.75) is 20.8 Å². The fourth-order valence-corrected chi connectivity index (χ4v) is 2.22. The number of nitrogens with zero attached hydrogens (tertiary/aromatic N) is 1. The van der Waals surface area contributed by atoms with Crippen LogP contribution >= 0.6 is 11.6 Å². The SMILES string of the molecule is CCN(CC)CCNCC(=O)Nc1c(C)cccc1Cl. The van der Waals surface area contributed by atoms with Gasteiger partial charge in [0, 0.05) is 13.1 Å². The molecular weight excluding hydrogens is 274 g/mol. The van der Waals surface area contributed by atoms with Crippen molar-refractivity contribution in [3.63, 3.8) is 0 Å². The first kappa shape index (κ1) is 17.0. The molecule has 0 saturated heterocycles. The third-order valence-corrected chi connectivity index (χ3v) is 3.59. The van der Waals surface area contributed by atoms with E-state index in [1.807, 2.05) is 19.1 Å². The van der Waals surface area contributed by atoms with Crippen LogP contribution in [0.3, 0.4) is 0 Å². The van der Waals surface area contributed by atoms with Gasteiger partial charge in [-0.25, -0.2) is 0 Å². The van der Waals surface area contributed by atoms with Gasteiger partial charge in [0.1, 0.15) is 0 Å². The molecule has 0 aliphatic carbocycles. The molecule has 0 aromatic heterocycles. The summed E-state index contributed by atoms with van der Waals surface area (Å²) in [5.74, 6) is -0.0688. The lowest BCUT2D eigenvalue weighted by atomic mass is 10.2. The molecule has 0 aliphatic heterocycles. The maximum Gasteiger partial charge on any atom is 0.238 e. The van der Waals surface area contributed by atoms with E-state index in [2.05, 4.69) is 29.4 Å². The molecule has 0 saturated carbocycles. The molecule has 1 rings (SSSR count). The van der Waals surface area contributed by atoms with Crippen LogP contribution in [-0.4, -0.2) is 43.5 Å². The second-order valence-electron chi connectivity index (χ2n) is 4.68. The fraction of sp³-hybridized carbons (Fsp3) is 0.533. The average Bonchev–Trinajstić information content (AvgIpc) is 2.43. The van der Waals surface area contributed by atoms with Crippen molar-refractivity contribution in [1.29, 1.82) is 0 Å². The van der Waals surface area contributed by atoms with Gasteiger partial charge in [-0.05, 0) is 31.6 Å². The van der Waals surface area contributed by atoms with Crippen LogP contribution in [0.4, 0.5) is 5.69 Å². The van der Waals surface area contributed by atoms with Crippen LogP contribution < -0.4 is 10.6 Å². The number of hydrogen-bond donors (Lipinski definition) is 2. The summed E-state index contributed by atoms with van der Waals surface area (Å²) in [6.45, 7) is 10.3. The van der Waals surface area contributed by atoms with E-state index in [0.29, 0.717) is 17.3 Å². The Morgan fingerprint density at radius 2 is 2.00 bits per heavy atom. The quantitative estimate of drug-likeness (QED) is 0.725. The smallest absolute Gasteiger partial charge is 0.238 e. The number of para-hydroxylation sites is 1. The summed E-state index contributed by atoms with van der Waals surface area (Å²) >= 11 is 6.07. The van der Waals surface area contributed by atoms with Crippen LogP contribution in [0.1, 0.15) is 19.4 Å². The van der Waals surface area contributed by atoms with Crippen molar-refractivity contribution in [1.82, 2.24) is 10.2 Å². The summed E-state index contributed by atoms with van der Waals surface area (Å²) in [5, 5.41) is 6.57. The van der Waals surface area contributed by atoms with Crippen molar-refractivity contribution in [2.24, 2.45) is 0 Å². The molecule has 0 bridgehead atoms. The van der Waals surface area contributed by atoms with E-state index in [9.17, 15) is 4.79 Å². The average molecular weight is 298 g/mol. The molecule has 1 aromatic rings. The van der Waals surface area contributed by atoms with E-state index in [1.165, 1.54) is 0 Å². The Morgan fingerprint density at radius 3 is 2.60 bits per heavy atom. The standard InChI is InChI=1S/C15H24ClN3O/c1-4-19(5-2)10-9-17-11-14(20)18-15-12(3)7-6-8-13(15)16/h6-8,17H,4-5,9-11H2,1-3H3,(H,18,20). The van der Waals surface area contributed by atoms with Crippen molar-refractivity contribution in [2.75, 3.05) is 38.0 Å². The van der Waals surface area contributed by atoms with Gasteiger partial charge in [-0.15, -0.1) is 0 Å². The predicted octanol–water partition coefficient (Wildman–Crippen LogP) is 2.52. The summed E-state index contributed by atoms with van der Waals surface area (Å²) in [7, 11) is 0. The summed E-state index contributed by atoms with van der Waals surface area (Å²) in [5.41, 5.74) is 1.67. The van der Waals surface area contributed by atoms with E-state index in [1.54, 1.807) is 6.07 Å². The molecule has 0 radical (unpaired) electrons. The third-order valence-electron chi connectivity index (χ3n) is 3.27. The minimum absolute atomic E-state index is 0.0688. The number of benzene rings is 1. The van der Waals surface area contributed by atoms with Gasteiger partial charge in [-0.2, -0.15) is 0 Å². The molecule has 0 fully saturated rings. The Balaban J connectivity index is 2.34. The highest BCUT2D eigenvalue weighted by molar-refractivity contribution is 6.33. The van der Waals surface area contributed by atoms with Crippen LogP contribution in [0, 0.1) is 6.92 Å². The molecule has 5 heteroatoms. The van der Waals surface area contributed by atoms with Gasteiger partial charge >= 0.3 is 0 Å². The maximum atomic E-state index is 11.9. The molecule has 20 heavy (non-hydrogen) atoms. The van der Waals surface area contributed by atoms with Gasteiger partial charge in [0.15, 0.2) is 0 Å². The Morgan fingerprint density at radius 1 is 1.30 bits per heavy atom. The lowest BCUT2D eigenvalue weighted by Gasteiger charge is -2.18. The first-order chi connectivity index (χ1) is 9.58. The number of nitrogens with one attached hydrogen (secondary N) is 2. The minimum Gasteiger partial charge on any atom is -0.323 e. The lowest BCUT2D eigenvalue weighted by molar-refractivity contribution is -0.115. The van der Waals surface area contributed by atoms with Crippen LogP contribution in [0.5, 0.6) is 0 Å². The molecule has 1 aromatic carbocycles. The van der Waals surface area contributed by atoms with E-state index >= 15 is 0 Å². The van der Waals surface area contributed by atoms with Crippen molar-refractivity contribution in [3.8, 4) is 0 Å². The Hall–Kier alpha value is -1.10. The second kappa shape index (κ2) is 8.95. The summed E-state index contributed by atoms with van der Waals surface area (Å²) in [6.07, 6.45) is 0. The van der Waals surface area contributed by atoms with Crippen LogP contribution in [0.25, 0.3) is 0 Å². The van der Waals surface area contributed by atoms with Crippen molar-refractivity contribution in [3.05, 3.63) is 28.8 Å². The lowest BCUT2D eigenvalue weighted by Crippen LogP contribution is -2.35. The number of amides is 1. The number of anilines is 1. The van der Waals surface area contributed by atoms with Gasteiger partial charge in [-0.1, -0.05) is 37.6 Å². The number of hydrogen-bond acceptors (Lipinski definition) is 3. The number of carbonyl (C=O) groups is 1. The van der Waals surface area contributed by atoms with E-state index in [4.69, 9.17) is 11.6 Å². The highest BCUT2D eigenvalue weighted by Crippen LogP contribution is 2.24. The summed E-state index contributed by atoms with van der Waals surface area (Å²) < 4.78 is 0. The molecule has 0 atom stereocenters. The van der Waals surface area contributed by atoms with E-state index < -0.39 is 0 Å². The Labute approximate surface area is 126 Å². The molecule has 0 unspecified atom stereocenters. The first-order valence-corrected chi connectivity index (χ1v) is 7.44. The summed E-state index contributed by atoms with van der Waals surface area (Å²) in [4.78, 5) is 14.2. The molecule has 0 heterocycles. The number of aryl methyl sites for hydroxylation is 1. The molecular formula is C15H24ClN3O. The van der Waals surface area contributed by atoms with Crippen LogP contribution in [0.2, 0.25) is 5.02 Å². The molecule has 0 spiro atoms. The first-order valence-electron chi connectivity index (χ1n) is 7.06. The Kier molecular flexibility index (Phi) is 7.59. The largest absolute Gasteiger partial charge is 0.323 e. The molecule has 112 valence electrons. The van der Waals surface area contributed by atoms with Gasteiger partial charge in [0.05, 0.1) is 17.3 Å². The Bertz CT molecular complexity index is 413. The molecule has 0 aliphatic rings. The molecule has 1 amide bonds. The van der Waals surface area contributed by atoms with Crippen LogP contribution in [-0.2, 0) is 4.79 Å². The normalized spacial score (nSPS) is 10.8. The van der Waals surface area contributed by atoms with Gasteiger partial charge in [-0.3, -0.25) is 4.79 Å². The minimum atomic E-state index is -0.0688. The van der Waals surface area contributed by atoms with Gasteiger partial charge in [0.25, 0.3) is 0 Å². The number of carbonyl (C=O) groups excluding carboxylic acids is 1. The van der Waals surface area contributed by atoms with Crippen molar-refractivity contribution < 1.29 is 4.79 Å². The number of rotatable bonds is 8. The summed E-state index contributed by atoms with van der Waals surface area (Å²) in [6, 6.07) is 5.57. The zero-order chi connectivity index (χ0) is 15.0. The zero-order valence-electron chi connectivity index (χ0n) is 12.5. The highest BCUT2D eigenvalue weighted by Gasteiger charge is 2.08. The highest BCUT2D eigenvalue weighted by atomic mass is 35.5. The number of likely N-dealkylation sites (N-methyl/N-ethyl adjacent to an activating group) is 1. The maximum absolute atomic E-state index is 11.9. The number of halogens is 1. The fourth-order valence-electron chi connectivity index (χ4n) is 1.95. The predicted molar refractivity (Wildman–Crippen MR) is 85.5 cm³/mol. The topological polar surface area (TPSA) is 44.4 Å². The monoisotopic (exact) mass is 297 g/mol. The van der Waals surface area contributed by atoms with Crippen LogP contribution in [0.15, 0.2) is 18.2 Å². The van der Waals surface area contributed by atoms with Gasteiger partial charge < -0.3 is 15.5 Å². The third kappa shape index (κ3) is 5.49. The zero-order valence-corrected chi connectivity index (χ0v) is 13.3. The second-order valence-corrected chi connectivity index (χ2v) is 5.09. The molecule has 2 N–H and O–H groups in total. The van der Waals surface area contributed by atoms with Gasteiger partial charge in [0.2, 0.25) is 5.91 Å². The van der Waals surface area contributed by atoms with E-state index in [0.717, 1.165) is 31.7 Å². The van der Waals surface area contributed by atoms with E-state index in [-0.39, 0.29) is 5.91 Å². The van der Waals surface area contributed by atoms with Crippen molar-refractivity contribution >= 4 is 23.2 Å².